The first-order chi connectivity index (χ1) is 15.6. The number of rotatable bonds is 6. The molecule has 6 heteroatoms. The topological polar surface area (TPSA) is 61.8 Å². The fourth-order valence-electron chi connectivity index (χ4n) is 5.20. The van der Waals surface area contributed by atoms with Crippen LogP contribution in [0.5, 0.6) is 0 Å². The Morgan fingerprint density at radius 3 is 2.50 bits per heavy atom. The minimum atomic E-state index is -0.396. The first-order valence-corrected chi connectivity index (χ1v) is 11.6. The first kappa shape index (κ1) is 22.9. The summed E-state index contributed by atoms with van der Waals surface area (Å²) in [6, 6.07) is 16.8. The van der Waals surface area contributed by atoms with E-state index in [4.69, 9.17) is 4.74 Å². The number of benzene rings is 2. The lowest BCUT2D eigenvalue weighted by atomic mass is 9.74. The molecule has 0 bridgehead atoms. The summed E-state index contributed by atoms with van der Waals surface area (Å²) >= 11 is 0. The molecule has 2 aliphatic rings. The third-order valence-corrected chi connectivity index (χ3v) is 7.12. The van der Waals surface area contributed by atoms with Crippen molar-refractivity contribution in [3.05, 3.63) is 71.5 Å². The van der Waals surface area contributed by atoms with Gasteiger partial charge in [-0.25, -0.2) is 4.39 Å². The van der Waals surface area contributed by atoms with Crippen LogP contribution in [0.1, 0.15) is 36.8 Å². The molecule has 1 saturated heterocycles. The van der Waals surface area contributed by atoms with Gasteiger partial charge in [0.1, 0.15) is 5.82 Å². The summed E-state index contributed by atoms with van der Waals surface area (Å²) in [6.07, 6.45) is 2.83. The fourth-order valence-corrected chi connectivity index (χ4v) is 5.20. The molecule has 2 fully saturated rings. The number of carbonyl (C=O) groups is 1. The number of nitrogens with one attached hydrogen (secondary N) is 1. The Balaban J connectivity index is 1.49. The quantitative estimate of drug-likeness (QED) is 0.678. The summed E-state index contributed by atoms with van der Waals surface area (Å²) in [4.78, 5) is 15.0. The van der Waals surface area contributed by atoms with E-state index < -0.39 is 6.10 Å². The van der Waals surface area contributed by atoms with Gasteiger partial charge < -0.3 is 15.2 Å². The normalized spacial score (nSPS) is 26.9. The van der Waals surface area contributed by atoms with Crippen molar-refractivity contribution < 1.29 is 19.0 Å². The summed E-state index contributed by atoms with van der Waals surface area (Å²) in [5.41, 5.74) is 1.33. The van der Waals surface area contributed by atoms with Crippen molar-refractivity contribution in [3.8, 4) is 0 Å². The highest BCUT2D eigenvalue weighted by molar-refractivity contribution is 5.78. The summed E-state index contributed by atoms with van der Waals surface area (Å²) in [5, 5.41) is 14.1. The van der Waals surface area contributed by atoms with Gasteiger partial charge in [0.2, 0.25) is 5.91 Å². The molecule has 1 aliphatic carbocycles. The average Bonchev–Trinajstić information content (AvgIpc) is 3.00. The SMILES string of the molecule is O=C(Cc1ccccc1F)NC[C@]1(c2ccccc2)CC[C@@H](O)[C@H](N2CCOCC2)CC1. The van der Waals surface area contributed by atoms with Crippen molar-refractivity contribution in [3.63, 3.8) is 0 Å². The van der Waals surface area contributed by atoms with Gasteiger partial charge >= 0.3 is 0 Å². The average molecular weight is 441 g/mol. The number of aliphatic hydroxyl groups is 1. The maximum absolute atomic E-state index is 14.0. The Hall–Kier alpha value is -2.28. The van der Waals surface area contributed by atoms with Crippen LogP contribution in [0.25, 0.3) is 0 Å². The maximum Gasteiger partial charge on any atom is 0.224 e. The van der Waals surface area contributed by atoms with Crippen LogP contribution in [-0.2, 0) is 21.4 Å². The van der Waals surface area contributed by atoms with E-state index in [0.717, 1.165) is 32.4 Å². The lowest BCUT2D eigenvalue weighted by molar-refractivity contribution is -0.120. The van der Waals surface area contributed by atoms with Crippen LogP contribution >= 0.6 is 0 Å². The number of hydrogen-bond donors (Lipinski definition) is 2. The molecular formula is C26H33FN2O3. The lowest BCUT2D eigenvalue weighted by Crippen LogP contribution is -2.48. The number of ether oxygens (including phenoxy) is 1. The molecule has 32 heavy (non-hydrogen) atoms. The van der Waals surface area contributed by atoms with Gasteiger partial charge in [0.05, 0.1) is 25.7 Å². The molecule has 3 atom stereocenters. The van der Waals surface area contributed by atoms with E-state index in [1.54, 1.807) is 18.2 Å². The van der Waals surface area contributed by atoms with Gasteiger partial charge in [-0.05, 0) is 42.9 Å². The molecule has 2 aromatic carbocycles. The molecule has 1 amide bonds. The van der Waals surface area contributed by atoms with E-state index in [9.17, 15) is 14.3 Å². The second-order valence-electron chi connectivity index (χ2n) is 9.05. The Morgan fingerprint density at radius 1 is 1.06 bits per heavy atom. The number of amides is 1. The van der Waals surface area contributed by atoms with Gasteiger partial charge in [-0.1, -0.05) is 48.5 Å². The molecule has 4 rings (SSSR count). The van der Waals surface area contributed by atoms with Gasteiger partial charge in [0, 0.05) is 31.1 Å². The molecular weight excluding hydrogens is 407 g/mol. The molecule has 5 nitrogen and oxygen atoms in total. The number of morpholine rings is 1. The number of aliphatic hydroxyl groups excluding tert-OH is 1. The van der Waals surface area contributed by atoms with E-state index in [0.29, 0.717) is 31.7 Å². The van der Waals surface area contributed by atoms with Gasteiger partial charge in [-0.15, -0.1) is 0 Å². The van der Waals surface area contributed by atoms with Crippen LogP contribution in [0, 0.1) is 5.82 Å². The summed E-state index contributed by atoms with van der Waals surface area (Å²) < 4.78 is 19.5. The highest BCUT2D eigenvalue weighted by Crippen LogP contribution is 2.39. The molecule has 0 unspecified atom stereocenters. The molecule has 1 heterocycles. The van der Waals surface area contributed by atoms with Crippen molar-refractivity contribution in [2.24, 2.45) is 0 Å². The summed E-state index contributed by atoms with van der Waals surface area (Å²) in [7, 11) is 0. The molecule has 172 valence electrons. The third kappa shape index (κ3) is 5.37. The maximum atomic E-state index is 14.0. The highest BCUT2D eigenvalue weighted by Gasteiger charge is 2.40. The number of nitrogens with zero attached hydrogens (tertiary/aromatic N) is 1. The monoisotopic (exact) mass is 440 g/mol. The van der Waals surface area contributed by atoms with Crippen molar-refractivity contribution in [1.29, 1.82) is 0 Å². The minimum absolute atomic E-state index is 0.0244. The van der Waals surface area contributed by atoms with Gasteiger partial charge in [-0.2, -0.15) is 0 Å². The van der Waals surface area contributed by atoms with E-state index >= 15 is 0 Å². The smallest absolute Gasteiger partial charge is 0.224 e. The van der Waals surface area contributed by atoms with E-state index in [-0.39, 0.29) is 29.6 Å². The molecule has 0 radical (unpaired) electrons. The van der Waals surface area contributed by atoms with Crippen molar-refractivity contribution in [1.82, 2.24) is 10.2 Å². The molecule has 1 aliphatic heterocycles. The van der Waals surface area contributed by atoms with Crippen molar-refractivity contribution in [2.45, 2.75) is 49.7 Å². The molecule has 1 saturated carbocycles. The third-order valence-electron chi connectivity index (χ3n) is 7.12. The number of hydrogen-bond acceptors (Lipinski definition) is 4. The van der Waals surface area contributed by atoms with Gasteiger partial charge in [-0.3, -0.25) is 9.69 Å². The Bertz CT molecular complexity index is 888. The predicted octanol–water partition coefficient (Wildman–Crippen LogP) is 3.06. The van der Waals surface area contributed by atoms with Crippen molar-refractivity contribution in [2.75, 3.05) is 32.8 Å². The predicted molar refractivity (Wildman–Crippen MR) is 122 cm³/mol. The second kappa shape index (κ2) is 10.6. The minimum Gasteiger partial charge on any atom is -0.391 e. The fraction of sp³-hybridized carbons (Fsp3) is 0.500. The zero-order valence-corrected chi connectivity index (χ0v) is 18.5. The van der Waals surface area contributed by atoms with E-state index in [1.165, 1.54) is 11.6 Å². The van der Waals surface area contributed by atoms with Gasteiger partial charge in [0.15, 0.2) is 0 Å². The van der Waals surface area contributed by atoms with Crippen LogP contribution in [-0.4, -0.2) is 60.9 Å². The Labute approximate surface area is 189 Å². The molecule has 0 spiro atoms. The molecule has 0 aromatic heterocycles. The Morgan fingerprint density at radius 2 is 1.75 bits per heavy atom. The zero-order chi connectivity index (χ0) is 22.4. The van der Waals surface area contributed by atoms with E-state index in [2.05, 4.69) is 22.3 Å². The second-order valence-corrected chi connectivity index (χ2v) is 9.05. The van der Waals surface area contributed by atoms with Crippen LogP contribution in [0.15, 0.2) is 54.6 Å². The van der Waals surface area contributed by atoms with Crippen molar-refractivity contribution >= 4 is 5.91 Å². The number of halogens is 1. The molecule has 2 N–H and O–H groups in total. The number of carbonyl (C=O) groups excluding carboxylic acids is 1. The summed E-state index contributed by atoms with van der Waals surface area (Å²) in [5.74, 6) is -0.536. The Kier molecular flexibility index (Phi) is 7.55. The summed E-state index contributed by atoms with van der Waals surface area (Å²) in [6.45, 7) is 3.59. The van der Waals surface area contributed by atoms with Crippen LogP contribution in [0.2, 0.25) is 0 Å². The lowest BCUT2D eigenvalue weighted by Gasteiger charge is -2.37. The van der Waals surface area contributed by atoms with Crippen LogP contribution in [0.3, 0.4) is 0 Å². The van der Waals surface area contributed by atoms with Crippen LogP contribution < -0.4 is 5.32 Å². The van der Waals surface area contributed by atoms with E-state index in [1.807, 2.05) is 18.2 Å². The zero-order valence-electron chi connectivity index (χ0n) is 18.5. The molecule has 2 aromatic rings. The van der Waals surface area contributed by atoms with Crippen LogP contribution in [0.4, 0.5) is 4.39 Å². The standard InChI is InChI=1S/C26H33FN2O3/c27-22-9-5-4-6-20(22)18-25(31)28-19-26(21-7-2-1-3-8-21)12-10-23(24(30)11-13-26)29-14-16-32-17-15-29/h1-9,23-24,30H,10-19H2,(H,28,31)/t23-,24-,26-/m1/s1. The first-order valence-electron chi connectivity index (χ1n) is 11.6. The highest BCUT2D eigenvalue weighted by atomic mass is 19.1. The van der Waals surface area contributed by atoms with Gasteiger partial charge in [0.25, 0.3) is 0 Å². The largest absolute Gasteiger partial charge is 0.391 e.